The second-order valence-corrected chi connectivity index (χ2v) is 7.02. The molecule has 4 aromatic rings. The van der Waals surface area contributed by atoms with Crippen molar-refractivity contribution in [1.29, 1.82) is 0 Å². The third-order valence-corrected chi connectivity index (χ3v) is 4.93. The van der Waals surface area contributed by atoms with Gasteiger partial charge in [-0.1, -0.05) is 11.2 Å². The molecular weight excluding hydrogens is 440 g/mol. The number of halogens is 2. The number of nitrogens with zero attached hydrogens (tertiary/aromatic N) is 10. The molecule has 3 aromatic heterocycles. The minimum absolute atomic E-state index is 0.0380. The molecule has 0 aliphatic carbocycles. The van der Waals surface area contributed by atoms with E-state index in [2.05, 4.69) is 40.7 Å². The minimum atomic E-state index is -2.89. The maximum absolute atomic E-state index is 14.0. The van der Waals surface area contributed by atoms with Crippen LogP contribution in [0.15, 0.2) is 18.2 Å². The van der Waals surface area contributed by atoms with Gasteiger partial charge in [-0.05, 0) is 17.3 Å². The highest BCUT2D eigenvalue weighted by Crippen LogP contribution is 2.32. The van der Waals surface area contributed by atoms with Crippen LogP contribution in [0.4, 0.5) is 26.6 Å². The van der Waals surface area contributed by atoms with Crippen molar-refractivity contribution in [2.45, 2.75) is 6.43 Å². The summed E-state index contributed by atoms with van der Waals surface area (Å²) in [5.74, 6) is 0.312. The second kappa shape index (κ2) is 8.50. The van der Waals surface area contributed by atoms with Crippen molar-refractivity contribution in [3.8, 4) is 11.7 Å². The van der Waals surface area contributed by atoms with Crippen LogP contribution in [0.5, 0.6) is 5.75 Å². The molecule has 0 atom stereocenters. The number of rotatable bonds is 6. The molecule has 0 amide bonds. The predicted molar refractivity (Wildman–Crippen MR) is 111 cm³/mol. The van der Waals surface area contributed by atoms with Gasteiger partial charge in [-0.3, -0.25) is 9.88 Å². The van der Waals surface area contributed by atoms with Gasteiger partial charge >= 0.3 is 0 Å². The molecule has 0 radical (unpaired) electrons. The zero-order valence-electron chi connectivity index (χ0n) is 17.7. The number of fused-ring (bicyclic) bond motifs is 1. The maximum atomic E-state index is 14.0. The summed E-state index contributed by atoms with van der Waals surface area (Å²) in [6.45, 7) is 2.05. The number of para-hydroxylation sites is 1. The molecule has 0 saturated carbocycles. The first-order valence-electron chi connectivity index (χ1n) is 9.97. The normalized spacial score (nSPS) is 14.3. The molecule has 15 heteroatoms. The first-order valence-corrected chi connectivity index (χ1v) is 9.97. The molecule has 172 valence electrons. The van der Waals surface area contributed by atoms with Gasteiger partial charge in [0, 0.05) is 13.1 Å². The van der Waals surface area contributed by atoms with Crippen molar-refractivity contribution >= 4 is 28.9 Å². The summed E-state index contributed by atoms with van der Waals surface area (Å²) < 4.78 is 39.9. The first-order chi connectivity index (χ1) is 16.0. The molecule has 13 nitrogen and oxygen atoms in total. The van der Waals surface area contributed by atoms with E-state index in [9.17, 15) is 8.78 Å². The number of imidazole rings is 1. The standard InChI is InChI=1S/C18H19F2N11O2/c1-29-27-16(26-28-29)22-15-23-17(30-6-8-33-9-7-30)25-18(24-15)31-10-4-3-5-11(32-2)12(10)21-14(31)13(19)20/h3-5,13H,6-9H2,1-2H3,(H,22,23,24,25,27). The summed E-state index contributed by atoms with van der Waals surface area (Å²) in [6.07, 6.45) is -2.89. The number of alkyl halides is 2. The van der Waals surface area contributed by atoms with Crippen molar-refractivity contribution in [1.82, 2.24) is 44.7 Å². The lowest BCUT2D eigenvalue weighted by atomic mass is 10.3. The van der Waals surface area contributed by atoms with Crippen LogP contribution in [0.1, 0.15) is 12.2 Å². The van der Waals surface area contributed by atoms with Crippen molar-refractivity contribution in [3.63, 3.8) is 0 Å². The zero-order valence-corrected chi connectivity index (χ0v) is 17.7. The largest absolute Gasteiger partial charge is 0.494 e. The topological polar surface area (TPSA) is 134 Å². The van der Waals surface area contributed by atoms with Gasteiger partial charge in [0.05, 0.1) is 32.9 Å². The average molecular weight is 459 g/mol. The number of anilines is 3. The lowest BCUT2D eigenvalue weighted by Gasteiger charge is -2.27. The lowest BCUT2D eigenvalue weighted by Crippen LogP contribution is -2.37. The first kappa shape index (κ1) is 20.9. The summed E-state index contributed by atoms with van der Waals surface area (Å²) in [5, 5.41) is 14.5. The van der Waals surface area contributed by atoms with Crippen LogP contribution in [-0.4, -0.2) is 78.1 Å². The number of benzene rings is 1. The molecule has 0 unspecified atom stereocenters. The molecule has 1 aliphatic rings. The predicted octanol–water partition coefficient (Wildman–Crippen LogP) is 1.26. The SMILES string of the molecule is COc1cccc2c1nc(C(F)F)n2-c1nc(Nc2nnn(C)n2)nc(N2CCOCC2)n1. The highest BCUT2D eigenvalue weighted by molar-refractivity contribution is 5.84. The van der Waals surface area contributed by atoms with E-state index >= 15 is 0 Å². The van der Waals surface area contributed by atoms with Crippen molar-refractivity contribution in [2.24, 2.45) is 7.05 Å². The van der Waals surface area contributed by atoms with Gasteiger partial charge in [0.1, 0.15) is 11.3 Å². The Kier molecular flexibility index (Phi) is 5.37. The summed E-state index contributed by atoms with van der Waals surface area (Å²) in [7, 11) is 3.06. The molecule has 1 aliphatic heterocycles. The minimum Gasteiger partial charge on any atom is -0.494 e. The van der Waals surface area contributed by atoms with E-state index in [1.54, 1.807) is 25.2 Å². The monoisotopic (exact) mass is 459 g/mol. The Hall–Kier alpha value is -4.01. The van der Waals surface area contributed by atoms with E-state index in [0.717, 1.165) is 0 Å². The van der Waals surface area contributed by atoms with E-state index in [1.165, 1.54) is 16.5 Å². The maximum Gasteiger partial charge on any atom is 0.296 e. The Morgan fingerprint density at radius 1 is 1.06 bits per heavy atom. The van der Waals surface area contributed by atoms with Crippen LogP contribution < -0.4 is 15.0 Å². The van der Waals surface area contributed by atoms with Gasteiger partial charge in [0.15, 0.2) is 5.82 Å². The Labute approximate surface area is 185 Å². The Morgan fingerprint density at radius 2 is 1.85 bits per heavy atom. The smallest absolute Gasteiger partial charge is 0.296 e. The van der Waals surface area contributed by atoms with Gasteiger partial charge in [0.2, 0.25) is 17.8 Å². The molecule has 1 fully saturated rings. The number of hydrogen-bond donors (Lipinski definition) is 1. The van der Waals surface area contributed by atoms with E-state index < -0.39 is 12.2 Å². The summed E-state index contributed by atoms with van der Waals surface area (Å²) >= 11 is 0. The fraction of sp³-hybridized carbons (Fsp3) is 0.389. The van der Waals surface area contributed by atoms with Crippen molar-refractivity contribution in [3.05, 3.63) is 24.0 Å². The van der Waals surface area contributed by atoms with E-state index in [1.807, 2.05) is 4.90 Å². The van der Waals surface area contributed by atoms with E-state index in [0.29, 0.717) is 43.5 Å². The summed E-state index contributed by atoms with van der Waals surface area (Å²) in [5.41, 5.74) is 0.640. The Morgan fingerprint density at radius 3 is 2.55 bits per heavy atom. The average Bonchev–Trinajstić information content (AvgIpc) is 3.42. The Bertz CT molecular complexity index is 1290. The van der Waals surface area contributed by atoms with Crippen LogP contribution in [0.25, 0.3) is 17.0 Å². The third kappa shape index (κ3) is 3.97. The van der Waals surface area contributed by atoms with Crippen molar-refractivity contribution in [2.75, 3.05) is 43.6 Å². The quantitative estimate of drug-likeness (QED) is 0.447. The van der Waals surface area contributed by atoms with Crippen LogP contribution in [0.3, 0.4) is 0 Å². The van der Waals surface area contributed by atoms with Gasteiger partial charge in [0.25, 0.3) is 12.4 Å². The van der Waals surface area contributed by atoms with Gasteiger partial charge in [-0.25, -0.2) is 13.8 Å². The number of hydrogen-bond acceptors (Lipinski definition) is 11. The highest BCUT2D eigenvalue weighted by atomic mass is 19.3. The number of nitrogens with one attached hydrogen (secondary N) is 1. The molecule has 0 bridgehead atoms. The number of aryl methyl sites for hydroxylation is 1. The fourth-order valence-corrected chi connectivity index (χ4v) is 3.46. The number of methoxy groups -OCH3 is 1. The van der Waals surface area contributed by atoms with Gasteiger partial charge in [-0.2, -0.15) is 19.7 Å². The number of aromatic nitrogens is 9. The molecule has 1 aromatic carbocycles. The number of ether oxygens (including phenoxy) is 2. The van der Waals surface area contributed by atoms with Gasteiger partial charge in [-0.15, -0.1) is 5.10 Å². The van der Waals surface area contributed by atoms with Gasteiger partial charge < -0.3 is 14.4 Å². The molecular formula is C18H19F2N11O2. The lowest BCUT2D eigenvalue weighted by molar-refractivity contribution is 0.122. The van der Waals surface area contributed by atoms with E-state index in [-0.39, 0.29) is 23.4 Å². The second-order valence-electron chi connectivity index (χ2n) is 7.02. The third-order valence-electron chi connectivity index (χ3n) is 4.93. The Balaban J connectivity index is 1.69. The molecule has 5 rings (SSSR count). The number of tetrazole rings is 1. The molecule has 33 heavy (non-hydrogen) atoms. The number of morpholine rings is 1. The molecule has 4 heterocycles. The molecule has 0 spiro atoms. The zero-order chi connectivity index (χ0) is 22.9. The fourth-order valence-electron chi connectivity index (χ4n) is 3.46. The van der Waals surface area contributed by atoms with Crippen LogP contribution in [-0.2, 0) is 11.8 Å². The summed E-state index contributed by atoms with van der Waals surface area (Å²) in [6, 6.07) is 4.97. The van der Waals surface area contributed by atoms with Crippen LogP contribution in [0, 0.1) is 0 Å². The van der Waals surface area contributed by atoms with Crippen molar-refractivity contribution < 1.29 is 18.3 Å². The van der Waals surface area contributed by atoms with E-state index in [4.69, 9.17) is 9.47 Å². The summed E-state index contributed by atoms with van der Waals surface area (Å²) in [4.78, 5) is 20.5. The molecule has 1 N–H and O–H groups in total. The van der Waals surface area contributed by atoms with Crippen LogP contribution in [0.2, 0.25) is 0 Å². The van der Waals surface area contributed by atoms with Crippen LogP contribution >= 0.6 is 0 Å². The highest BCUT2D eigenvalue weighted by Gasteiger charge is 2.26. The molecule has 1 saturated heterocycles.